The van der Waals surface area contributed by atoms with Crippen molar-refractivity contribution >= 4 is 11.9 Å². The van der Waals surface area contributed by atoms with Crippen LogP contribution in [0.25, 0.3) is 11.3 Å². The highest BCUT2D eigenvalue weighted by Crippen LogP contribution is 2.21. The Labute approximate surface area is 169 Å². The first-order valence-corrected chi connectivity index (χ1v) is 9.77. The molecule has 7 heteroatoms. The quantitative estimate of drug-likeness (QED) is 0.698. The van der Waals surface area contributed by atoms with E-state index >= 15 is 0 Å². The van der Waals surface area contributed by atoms with Gasteiger partial charge in [-0.05, 0) is 18.6 Å². The predicted molar refractivity (Wildman–Crippen MR) is 112 cm³/mol. The van der Waals surface area contributed by atoms with Crippen molar-refractivity contribution in [3.63, 3.8) is 0 Å². The van der Waals surface area contributed by atoms with Crippen LogP contribution in [-0.4, -0.2) is 39.6 Å². The minimum absolute atomic E-state index is 0.0495. The number of aromatic nitrogens is 3. The first kappa shape index (κ1) is 18.9. The molecule has 1 atom stereocenters. The van der Waals surface area contributed by atoms with Gasteiger partial charge in [0.05, 0.1) is 5.69 Å². The van der Waals surface area contributed by atoms with Crippen molar-refractivity contribution in [2.24, 2.45) is 0 Å². The topological polar surface area (TPSA) is 80.1 Å². The van der Waals surface area contributed by atoms with Gasteiger partial charge < -0.3 is 14.8 Å². The minimum atomic E-state index is -0.0946. The lowest BCUT2D eigenvalue weighted by atomic mass is 10.1. The van der Waals surface area contributed by atoms with Crippen molar-refractivity contribution in [1.29, 1.82) is 0 Å². The maximum Gasteiger partial charge on any atom is 0.250 e. The van der Waals surface area contributed by atoms with E-state index in [1.807, 2.05) is 36.4 Å². The molecular weight excluding hydrogens is 366 g/mol. The van der Waals surface area contributed by atoms with E-state index in [1.54, 1.807) is 29.1 Å². The fourth-order valence-corrected chi connectivity index (χ4v) is 3.50. The summed E-state index contributed by atoms with van der Waals surface area (Å²) in [4.78, 5) is 35.2. The Balaban J connectivity index is 1.33. The monoisotopic (exact) mass is 389 g/mol. The van der Waals surface area contributed by atoms with Gasteiger partial charge in [-0.25, -0.2) is 9.97 Å². The predicted octanol–water partition coefficient (Wildman–Crippen LogP) is 2.09. The van der Waals surface area contributed by atoms with Crippen LogP contribution in [0.1, 0.15) is 12.8 Å². The summed E-state index contributed by atoms with van der Waals surface area (Å²) >= 11 is 0. The Bertz CT molecular complexity index is 1030. The Kier molecular flexibility index (Phi) is 5.65. The zero-order valence-electron chi connectivity index (χ0n) is 16.1. The highest BCUT2D eigenvalue weighted by molar-refractivity contribution is 5.76. The van der Waals surface area contributed by atoms with E-state index in [0.717, 1.165) is 24.2 Å². The molecule has 3 aromatic rings. The van der Waals surface area contributed by atoms with Crippen LogP contribution >= 0.6 is 0 Å². The smallest absolute Gasteiger partial charge is 0.250 e. The summed E-state index contributed by atoms with van der Waals surface area (Å²) in [6.07, 6.45) is 4.59. The molecule has 0 radical (unpaired) electrons. The van der Waals surface area contributed by atoms with Gasteiger partial charge in [0.1, 0.15) is 0 Å². The average molecular weight is 389 g/mol. The average Bonchev–Trinajstić information content (AvgIpc) is 3.22. The SMILES string of the molecule is O=C(CCn1ccccc1=O)NC1CCN(c2nccc(-c3ccccc3)n2)C1. The molecule has 0 bridgehead atoms. The number of nitrogens with zero attached hydrogens (tertiary/aromatic N) is 4. The van der Waals surface area contributed by atoms with Gasteiger partial charge in [0.15, 0.2) is 0 Å². The fourth-order valence-electron chi connectivity index (χ4n) is 3.50. The minimum Gasteiger partial charge on any atom is -0.351 e. The number of benzene rings is 1. The van der Waals surface area contributed by atoms with Gasteiger partial charge in [-0.2, -0.15) is 0 Å². The highest BCUT2D eigenvalue weighted by atomic mass is 16.2. The maximum atomic E-state index is 12.3. The van der Waals surface area contributed by atoms with Crippen molar-refractivity contribution in [3.05, 3.63) is 77.3 Å². The molecule has 1 N–H and O–H groups in total. The van der Waals surface area contributed by atoms with E-state index in [-0.39, 0.29) is 23.9 Å². The molecule has 1 aliphatic rings. The van der Waals surface area contributed by atoms with E-state index < -0.39 is 0 Å². The number of aryl methyl sites for hydroxylation is 1. The van der Waals surface area contributed by atoms with Crippen LogP contribution in [0.15, 0.2) is 71.8 Å². The number of amides is 1. The Morgan fingerprint density at radius 1 is 1.10 bits per heavy atom. The van der Waals surface area contributed by atoms with Crippen molar-refractivity contribution in [2.75, 3.05) is 18.0 Å². The number of hydrogen-bond donors (Lipinski definition) is 1. The molecular formula is C22H23N5O2. The van der Waals surface area contributed by atoms with Crippen molar-refractivity contribution in [1.82, 2.24) is 19.9 Å². The summed E-state index contributed by atoms with van der Waals surface area (Å²) < 4.78 is 1.55. The second kappa shape index (κ2) is 8.68. The van der Waals surface area contributed by atoms with E-state index in [9.17, 15) is 9.59 Å². The summed E-state index contributed by atoms with van der Waals surface area (Å²) in [5, 5.41) is 3.06. The van der Waals surface area contributed by atoms with Gasteiger partial charge in [-0.15, -0.1) is 0 Å². The van der Waals surface area contributed by atoms with Crippen LogP contribution in [0.5, 0.6) is 0 Å². The largest absolute Gasteiger partial charge is 0.351 e. The third-order valence-electron chi connectivity index (χ3n) is 5.03. The lowest BCUT2D eigenvalue weighted by Crippen LogP contribution is -2.38. The van der Waals surface area contributed by atoms with Crippen molar-refractivity contribution < 1.29 is 4.79 Å². The molecule has 0 spiro atoms. The summed E-state index contributed by atoms with van der Waals surface area (Å²) in [6.45, 7) is 1.85. The van der Waals surface area contributed by atoms with Gasteiger partial charge >= 0.3 is 0 Å². The van der Waals surface area contributed by atoms with E-state index in [1.165, 1.54) is 6.07 Å². The summed E-state index contributed by atoms with van der Waals surface area (Å²) in [5.41, 5.74) is 1.84. The molecule has 0 saturated carbocycles. The first-order valence-electron chi connectivity index (χ1n) is 9.77. The van der Waals surface area contributed by atoms with Crippen LogP contribution in [0.3, 0.4) is 0 Å². The molecule has 1 amide bonds. The number of pyridine rings is 1. The molecule has 1 aromatic carbocycles. The third kappa shape index (κ3) is 4.68. The standard InChI is InChI=1S/C22H23N5O2/c28-20(11-15-26-13-5-4-8-21(26)29)24-18-10-14-27(16-18)22-23-12-9-19(25-22)17-6-2-1-3-7-17/h1-9,12-13,18H,10-11,14-16H2,(H,24,28). The summed E-state index contributed by atoms with van der Waals surface area (Å²) in [7, 11) is 0. The molecule has 1 saturated heterocycles. The van der Waals surface area contributed by atoms with Gasteiger partial charge in [-0.1, -0.05) is 36.4 Å². The summed E-state index contributed by atoms with van der Waals surface area (Å²) in [6, 6.07) is 16.9. The molecule has 4 rings (SSSR count). The van der Waals surface area contributed by atoms with Gasteiger partial charge in [0.25, 0.3) is 5.56 Å². The van der Waals surface area contributed by atoms with Crippen LogP contribution in [0, 0.1) is 0 Å². The normalized spacial score (nSPS) is 16.0. The van der Waals surface area contributed by atoms with Gasteiger partial charge in [0, 0.05) is 56.1 Å². The number of carbonyl (C=O) groups excluding carboxylic acids is 1. The molecule has 2 aromatic heterocycles. The number of hydrogen-bond acceptors (Lipinski definition) is 5. The fraction of sp³-hybridized carbons (Fsp3) is 0.273. The van der Waals surface area contributed by atoms with Gasteiger partial charge in [-0.3, -0.25) is 9.59 Å². The molecule has 7 nitrogen and oxygen atoms in total. The van der Waals surface area contributed by atoms with Crippen LogP contribution in [0.2, 0.25) is 0 Å². The number of carbonyl (C=O) groups is 1. The number of anilines is 1. The lowest BCUT2D eigenvalue weighted by Gasteiger charge is -2.17. The Morgan fingerprint density at radius 3 is 2.76 bits per heavy atom. The molecule has 1 unspecified atom stereocenters. The third-order valence-corrected chi connectivity index (χ3v) is 5.03. The molecule has 3 heterocycles. The molecule has 29 heavy (non-hydrogen) atoms. The second-order valence-electron chi connectivity index (χ2n) is 7.09. The van der Waals surface area contributed by atoms with Crippen LogP contribution < -0.4 is 15.8 Å². The highest BCUT2D eigenvalue weighted by Gasteiger charge is 2.25. The Hall–Kier alpha value is -3.48. The van der Waals surface area contributed by atoms with E-state index in [0.29, 0.717) is 19.0 Å². The van der Waals surface area contributed by atoms with Crippen molar-refractivity contribution in [3.8, 4) is 11.3 Å². The van der Waals surface area contributed by atoms with E-state index in [2.05, 4.69) is 20.2 Å². The van der Waals surface area contributed by atoms with Crippen molar-refractivity contribution in [2.45, 2.75) is 25.4 Å². The van der Waals surface area contributed by atoms with Gasteiger partial charge in [0.2, 0.25) is 11.9 Å². The molecule has 148 valence electrons. The molecule has 0 aliphatic carbocycles. The maximum absolute atomic E-state index is 12.3. The molecule has 1 aliphatic heterocycles. The number of nitrogens with one attached hydrogen (secondary N) is 1. The zero-order valence-corrected chi connectivity index (χ0v) is 16.1. The first-order chi connectivity index (χ1) is 14.2. The van der Waals surface area contributed by atoms with Crippen LogP contribution in [-0.2, 0) is 11.3 Å². The van der Waals surface area contributed by atoms with Crippen LogP contribution in [0.4, 0.5) is 5.95 Å². The zero-order chi connectivity index (χ0) is 20.1. The summed E-state index contributed by atoms with van der Waals surface area (Å²) in [5.74, 6) is 0.630. The lowest BCUT2D eigenvalue weighted by molar-refractivity contribution is -0.121. The second-order valence-corrected chi connectivity index (χ2v) is 7.09. The Morgan fingerprint density at radius 2 is 1.93 bits per heavy atom. The molecule has 1 fully saturated rings. The number of rotatable bonds is 6. The van der Waals surface area contributed by atoms with E-state index in [4.69, 9.17) is 0 Å².